The molecule has 2 N–H and O–H groups in total. The molecular formula is C9H7ClF3NO2. The molecule has 0 atom stereocenters. The summed E-state index contributed by atoms with van der Waals surface area (Å²) in [5.41, 5.74) is 3.01. The van der Waals surface area contributed by atoms with Gasteiger partial charge < -0.3 is 10.5 Å². The maximum Gasteiger partial charge on any atom is 0.417 e. The Morgan fingerprint density at radius 2 is 2.00 bits per heavy atom. The Balaban J connectivity index is 3.51. The van der Waals surface area contributed by atoms with Crippen molar-refractivity contribution >= 4 is 23.3 Å². The highest BCUT2D eigenvalue weighted by Crippen LogP contribution is 2.36. The summed E-state index contributed by atoms with van der Waals surface area (Å²) in [6.45, 7) is 0. The molecule has 7 heteroatoms. The van der Waals surface area contributed by atoms with Crippen LogP contribution in [0.4, 0.5) is 18.9 Å². The van der Waals surface area contributed by atoms with Crippen LogP contribution < -0.4 is 5.73 Å². The van der Waals surface area contributed by atoms with E-state index in [0.29, 0.717) is 6.07 Å². The molecule has 1 aromatic carbocycles. The number of anilines is 1. The Bertz CT molecular complexity index is 431. The molecule has 0 saturated heterocycles. The van der Waals surface area contributed by atoms with Gasteiger partial charge in [0.25, 0.3) is 0 Å². The smallest absolute Gasteiger partial charge is 0.417 e. The molecular weight excluding hydrogens is 247 g/mol. The molecule has 0 saturated carbocycles. The first kappa shape index (κ1) is 12.6. The maximum absolute atomic E-state index is 12.6. The summed E-state index contributed by atoms with van der Waals surface area (Å²) >= 11 is 5.44. The van der Waals surface area contributed by atoms with Gasteiger partial charge in [-0.15, -0.1) is 0 Å². The number of hydrogen-bond donors (Lipinski definition) is 1. The Morgan fingerprint density at radius 3 is 2.44 bits per heavy atom. The molecule has 0 aliphatic rings. The van der Waals surface area contributed by atoms with Crippen LogP contribution >= 0.6 is 11.6 Å². The molecule has 0 heterocycles. The van der Waals surface area contributed by atoms with Gasteiger partial charge in [0.1, 0.15) is 0 Å². The van der Waals surface area contributed by atoms with Crippen LogP contribution in [0.15, 0.2) is 12.1 Å². The molecule has 0 bridgehead atoms. The number of methoxy groups -OCH3 is 1. The third-order valence-electron chi connectivity index (χ3n) is 1.83. The van der Waals surface area contributed by atoms with E-state index in [1.165, 1.54) is 0 Å². The largest absolute Gasteiger partial charge is 0.465 e. The highest BCUT2D eigenvalue weighted by Gasteiger charge is 2.37. The molecule has 0 aliphatic heterocycles. The van der Waals surface area contributed by atoms with E-state index < -0.39 is 23.3 Å². The summed E-state index contributed by atoms with van der Waals surface area (Å²) in [4.78, 5) is 11.2. The fourth-order valence-electron chi connectivity index (χ4n) is 1.18. The molecule has 0 fully saturated rings. The Kier molecular flexibility index (Phi) is 3.32. The van der Waals surface area contributed by atoms with Crippen molar-refractivity contribution in [2.75, 3.05) is 12.8 Å². The van der Waals surface area contributed by atoms with Gasteiger partial charge >= 0.3 is 12.1 Å². The van der Waals surface area contributed by atoms with E-state index in [9.17, 15) is 18.0 Å². The molecule has 0 aromatic heterocycles. The average Bonchev–Trinajstić information content (AvgIpc) is 2.14. The number of hydrogen-bond acceptors (Lipinski definition) is 3. The van der Waals surface area contributed by atoms with Gasteiger partial charge in [0, 0.05) is 10.7 Å². The van der Waals surface area contributed by atoms with Crippen LogP contribution in [0.1, 0.15) is 15.9 Å². The van der Waals surface area contributed by atoms with Crippen LogP contribution in [-0.2, 0) is 10.9 Å². The average molecular weight is 254 g/mol. The number of rotatable bonds is 1. The van der Waals surface area contributed by atoms with Crippen molar-refractivity contribution in [3.63, 3.8) is 0 Å². The van der Waals surface area contributed by atoms with Crippen molar-refractivity contribution in [2.24, 2.45) is 0 Å². The summed E-state index contributed by atoms with van der Waals surface area (Å²) in [7, 11) is 0.969. The SMILES string of the molecule is COC(=O)c1c(N)cc(Cl)cc1C(F)(F)F. The molecule has 0 aliphatic carbocycles. The zero-order valence-corrected chi connectivity index (χ0v) is 8.82. The van der Waals surface area contributed by atoms with Crippen molar-refractivity contribution in [3.8, 4) is 0 Å². The fourth-order valence-corrected chi connectivity index (χ4v) is 1.41. The lowest BCUT2D eigenvalue weighted by molar-refractivity contribution is -0.138. The summed E-state index contributed by atoms with van der Waals surface area (Å²) in [6, 6.07) is 1.69. The zero-order valence-electron chi connectivity index (χ0n) is 8.06. The number of esters is 1. The van der Waals surface area contributed by atoms with Crippen molar-refractivity contribution in [1.29, 1.82) is 0 Å². The second kappa shape index (κ2) is 4.21. The van der Waals surface area contributed by atoms with Crippen LogP contribution in [0, 0.1) is 0 Å². The lowest BCUT2D eigenvalue weighted by atomic mass is 10.1. The van der Waals surface area contributed by atoms with E-state index in [2.05, 4.69) is 4.74 Å². The van der Waals surface area contributed by atoms with Crippen LogP contribution in [0.5, 0.6) is 0 Å². The van der Waals surface area contributed by atoms with Gasteiger partial charge in [0.05, 0.1) is 18.2 Å². The van der Waals surface area contributed by atoms with Crippen molar-refractivity contribution in [1.82, 2.24) is 0 Å². The van der Waals surface area contributed by atoms with E-state index in [0.717, 1.165) is 13.2 Å². The molecule has 0 spiro atoms. The lowest BCUT2D eigenvalue weighted by Crippen LogP contribution is -2.16. The van der Waals surface area contributed by atoms with Crippen molar-refractivity contribution in [3.05, 3.63) is 28.3 Å². The predicted octanol–water partition coefficient (Wildman–Crippen LogP) is 2.73. The minimum Gasteiger partial charge on any atom is -0.465 e. The van der Waals surface area contributed by atoms with Gasteiger partial charge in [-0.25, -0.2) is 4.79 Å². The number of carbonyl (C=O) groups excluding carboxylic acids is 1. The summed E-state index contributed by atoms with van der Waals surface area (Å²) < 4.78 is 42.0. The van der Waals surface area contributed by atoms with Crippen molar-refractivity contribution < 1.29 is 22.7 Å². The van der Waals surface area contributed by atoms with Gasteiger partial charge in [-0.05, 0) is 12.1 Å². The number of ether oxygens (including phenoxy) is 1. The van der Waals surface area contributed by atoms with Gasteiger partial charge in [-0.3, -0.25) is 0 Å². The monoisotopic (exact) mass is 253 g/mol. The number of nitrogen functional groups attached to an aromatic ring is 1. The number of nitrogens with two attached hydrogens (primary N) is 1. The van der Waals surface area contributed by atoms with Gasteiger partial charge in [0.15, 0.2) is 0 Å². The topological polar surface area (TPSA) is 52.3 Å². The van der Waals surface area contributed by atoms with E-state index >= 15 is 0 Å². The minimum atomic E-state index is -4.72. The van der Waals surface area contributed by atoms with E-state index in [-0.39, 0.29) is 10.7 Å². The maximum atomic E-state index is 12.6. The molecule has 0 amide bonds. The predicted molar refractivity (Wildman–Crippen MR) is 52.2 cm³/mol. The van der Waals surface area contributed by atoms with Crippen LogP contribution in [0.25, 0.3) is 0 Å². The molecule has 88 valence electrons. The molecule has 3 nitrogen and oxygen atoms in total. The van der Waals surface area contributed by atoms with E-state index in [4.69, 9.17) is 17.3 Å². The zero-order chi connectivity index (χ0) is 12.5. The first-order chi connectivity index (χ1) is 7.27. The Labute approximate surface area is 93.9 Å². The van der Waals surface area contributed by atoms with Gasteiger partial charge in [-0.2, -0.15) is 13.2 Å². The lowest BCUT2D eigenvalue weighted by Gasteiger charge is -2.13. The molecule has 1 rings (SSSR count). The second-order valence-electron chi connectivity index (χ2n) is 2.91. The van der Waals surface area contributed by atoms with E-state index in [1.54, 1.807) is 0 Å². The fraction of sp³-hybridized carbons (Fsp3) is 0.222. The Hall–Kier alpha value is -1.43. The number of benzene rings is 1. The summed E-state index contributed by atoms with van der Waals surface area (Å²) in [5.74, 6) is -1.15. The number of carbonyl (C=O) groups is 1. The summed E-state index contributed by atoms with van der Waals surface area (Å²) in [6.07, 6.45) is -4.72. The van der Waals surface area contributed by atoms with Gasteiger partial charge in [-0.1, -0.05) is 11.6 Å². The van der Waals surface area contributed by atoms with Crippen molar-refractivity contribution in [2.45, 2.75) is 6.18 Å². The quantitative estimate of drug-likeness (QED) is 0.618. The van der Waals surface area contributed by atoms with Crippen LogP contribution in [0.2, 0.25) is 5.02 Å². The third-order valence-corrected chi connectivity index (χ3v) is 2.05. The third kappa shape index (κ3) is 2.38. The molecule has 0 radical (unpaired) electrons. The van der Waals surface area contributed by atoms with Crippen LogP contribution in [-0.4, -0.2) is 13.1 Å². The second-order valence-corrected chi connectivity index (χ2v) is 3.34. The Morgan fingerprint density at radius 1 is 1.44 bits per heavy atom. The highest BCUT2D eigenvalue weighted by molar-refractivity contribution is 6.31. The standard InChI is InChI=1S/C9H7ClF3NO2/c1-16-8(15)7-5(9(11,12)13)2-4(10)3-6(7)14/h2-3H,14H2,1H3. The molecule has 1 aromatic rings. The minimum absolute atomic E-state index is 0.197. The highest BCUT2D eigenvalue weighted by atomic mass is 35.5. The first-order valence-corrected chi connectivity index (χ1v) is 4.39. The number of halogens is 4. The normalized spacial score (nSPS) is 11.3. The van der Waals surface area contributed by atoms with E-state index in [1.807, 2.05) is 0 Å². The van der Waals surface area contributed by atoms with Gasteiger partial charge in [0.2, 0.25) is 0 Å². The number of alkyl halides is 3. The molecule has 16 heavy (non-hydrogen) atoms. The molecule has 0 unspecified atom stereocenters. The summed E-state index contributed by atoms with van der Waals surface area (Å²) in [5, 5.41) is -0.197. The first-order valence-electron chi connectivity index (χ1n) is 4.02. The van der Waals surface area contributed by atoms with Crippen LogP contribution in [0.3, 0.4) is 0 Å².